The van der Waals surface area contributed by atoms with Crippen molar-refractivity contribution in [3.8, 4) is 5.75 Å². The molecular formula is C33H55N3O4. The van der Waals surface area contributed by atoms with Crippen LogP contribution in [-0.4, -0.2) is 63.0 Å². The summed E-state index contributed by atoms with van der Waals surface area (Å²) in [6.45, 7) is 12.9. The third-order valence-corrected chi connectivity index (χ3v) is 9.09. The summed E-state index contributed by atoms with van der Waals surface area (Å²) in [5.74, 6) is 2.60. The van der Waals surface area contributed by atoms with Gasteiger partial charge in [0, 0.05) is 45.3 Å². The zero-order valence-corrected chi connectivity index (χ0v) is 25.8. The third-order valence-electron chi connectivity index (χ3n) is 9.09. The summed E-state index contributed by atoms with van der Waals surface area (Å²) < 4.78 is 17.9. The van der Waals surface area contributed by atoms with Crippen molar-refractivity contribution in [3.05, 3.63) is 23.8 Å². The minimum absolute atomic E-state index is 0.212. The summed E-state index contributed by atoms with van der Waals surface area (Å²) in [4.78, 5) is 15.1. The monoisotopic (exact) mass is 557 g/mol. The van der Waals surface area contributed by atoms with Gasteiger partial charge in [-0.15, -0.1) is 0 Å². The molecule has 7 nitrogen and oxygen atoms in total. The highest BCUT2D eigenvalue weighted by atomic mass is 16.5. The quantitative estimate of drug-likeness (QED) is 0.297. The topological polar surface area (TPSA) is 72.1 Å². The van der Waals surface area contributed by atoms with E-state index in [1.54, 1.807) is 7.11 Å². The molecule has 1 aromatic carbocycles. The average molecular weight is 558 g/mol. The van der Waals surface area contributed by atoms with Gasteiger partial charge < -0.3 is 29.7 Å². The first-order chi connectivity index (χ1) is 19.2. The Bertz CT molecular complexity index is 922. The van der Waals surface area contributed by atoms with Crippen molar-refractivity contribution in [3.63, 3.8) is 0 Å². The molecule has 0 spiro atoms. The van der Waals surface area contributed by atoms with E-state index in [2.05, 4.69) is 61.4 Å². The molecule has 1 saturated heterocycles. The first kappa shape index (κ1) is 31.1. The highest BCUT2D eigenvalue weighted by molar-refractivity contribution is 5.76. The molecule has 40 heavy (non-hydrogen) atoms. The Kier molecular flexibility index (Phi) is 11.6. The van der Waals surface area contributed by atoms with Crippen molar-refractivity contribution in [2.24, 2.45) is 11.8 Å². The molecule has 2 fully saturated rings. The van der Waals surface area contributed by atoms with Gasteiger partial charge in [0.1, 0.15) is 11.4 Å². The highest BCUT2D eigenvalue weighted by Gasteiger charge is 2.32. The van der Waals surface area contributed by atoms with Crippen molar-refractivity contribution in [1.82, 2.24) is 10.6 Å². The molecule has 1 saturated carbocycles. The van der Waals surface area contributed by atoms with Gasteiger partial charge in [-0.3, -0.25) is 4.79 Å². The number of rotatable bonds is 13. The van der Waals surface area contributed by atoms with Crippen molar-refractivity contribution in [2.45, 2.75) is 122 Å². The first-order valence-corrected chi connectivity index (χ1v) is 15.9. The van der Waals surface area contributed by atoms with E-state index in [0.717, 1.165) is 75.7 Å². The molecule has 0 bridgehead atoms. The predicted molar refractivity (Wildman–Crippen MR) is 162 cm³/mol. The lowest BCUT2D eigenvalue weighted by Gasteiger charge is -2.41. The van der Waals surface area contributed by atoms with Crippen LogP contribution in [0.3, 0.4) is 0 Å². The van der Waals surface area contributed by atoms with Crippen molar-refractivity contribution < 1.29 is 19.0 Å². The first-order valence-electron chi connectivity index (χ1n) is 15.9. The maximum atomic E-state index is 12.7. The molecular weight excluding hydrogens is 502 g/mol. The molecule has 7 heteroatoms. The molecule has 4 rings (SSSR count). The fourth-order valence-corrected chi connectivity index (χ4v) is 6.66. The van der Waals surface area contributed by atoms with Crippen LogP contribution in [0.25, 0.3) is 0 Å². The summed E-state index contributed by atoms with van der Waals surface area (Å²) in [6.07, 6.45) is 11.0. The van der Waals surface area contributed by atoms with Gasteiger partial charge in [-0.25, -0.2) is 0 Å². The Labute approximate surface area is 243 Å². The molecule has 1 aliphatic carbocycles. The average Bonchev–Trinajstić information content (AvgIpc) is 2.93. The second-order valence-corrected chi connectivity index (χ2v) is 13.3. The Morgan fingerprint density at radius 2 is 2.00 bits per heavy atom. The molecule has 226 valence electrons. The van der Waals surface area contributed by atoms with Gasteiger partial charge in [-0.05, 0) is 88.3 Å². The van der Waals surface area contributed by atoms with E-state index in [-0.39, 0.29) is 23.7 Å². The smallest absolute Gasteiger partial charge is 0.220 e. The lowest BCUT2D eigenvalue weighted by molar-refractivity contribution is -0.123. The lowest BCUT2D eigenvalue weighted by atomic mass is 9.81. The maximum absolute atomic E-state index is 12.7. The standard InChI is InChI=1S/C33H55N3O4/c1-6-27(35-32(37)19-25-10-8-24(2)9-11-25)20-28-13-14-29(21-34-28)39-22-26-12-15-31-30(18-26)36(16-7-17-38-5)23-33(3,4)40-31/h12,15,18,24-25,27-29,34H,6-11,13-14,16-17,19-23H2,1-5H3,(H,35,37)/t24?,25?,27-,28?,29+/m0/s1. The molecule has 2 N–H and O–H groups in total. The van der Waals surface area contributed by atoms with E-state index in [1.165, 1.54) is 31.2 Å². The molecule has 2 aliphatic heterocycles. The van der Waals surface area contributed by atoms with Crippen molar-refractivity contribution in [2.75, 3.05) is 38.3 Å². The molecule has 3 atom stereocenters. The number of hydrogen-bond donors (Lipinski definition) is 2. The molecule has 3 aliphatic rings. The fourth-order valence-electron chi connectivity index (χ4n) is 6.66. The van der Waals surface area contributed by atoms with Crippen LogP contribution in [0.2, 0.25) is 0 Å². The van der Waals surface area contributed by atoms with E-state index in [1.807, 2.05) is 0 Å². The molecule has 1 aromatic rings. The van der Waals surface area contributed by atoms with Crippen LogP contribution >= 0.6 is 0 Å². The zero-order chi connectivity index (χ0) is 28.5. The van der Waals surface area contributed by atoms with E-state index in [0.29, 0.717) is 25.0 Å². The number of amides is 1. The van der Waals surface area contributed by atoms with Gasteiger partial charge in [-0.2, -0.15) is 0 Å². The molecule has 2 heterocycles. The van der Waals surface area contributed by atoms with Crippen LogP contribution in [0, 0.1) is 11.8 Å². The molecule has 0 aromatic heterocycles. The minimum atomic E-state index is -0.212. The van der Waals surface area contributed by atoms with Gasteiger partial charge in [-0.1, -0.05) is 32.8 Å². The van der Waals surface area contributed by atoms with Crippen LogP contribution in [0.1, 0.15) is 97.5 Å². The Hall–Kier alpha value is -1.83. The molecule has 1 amide bonds. The van der Waals surface area contributed by atoms with E-state index >= 15 is 0 Å². The van der Waals surface area contributed by atoms with Crippen LogP contribution < -0.4 is 20.3 Å². The summed E-state index contributed by atoms with van der Waals surface area (Å²) >= 11 is 0. The number of nitrogens with zero attached hydrogens (tertiary/aromatic N) is 1. The Morgan fingerprint density at radius 1 is 1.20 bits per heavy atom. The number of nitrogens with one attached hydrogen (secondary N) is 2. The van der Waals surface area contributed by atoms with Gasteiger partial charge in [0.25, 0.3) is 0 Å². The largest absolute Gasteiger partial charge is 0.484 e. The summed E-state index contributed by atoms with van der Waals surface area (Å²) in [6, 6.07) is 7.15. The SMILES string of the molecule is CC[C@@H](CC1CC[C@@H](OCc2ccc3c(c2)N(CCCOC)CC(C)(C)O3)CN1)NC(=O)CC1CCC(C)CC1. The van der Waals surface area contributed by atoms with E-state index in [9.17, 15) is 4.79 Å². The number of carbonyl (C=O) groups is 1. The predicted octanol–water partition coefficient (Wildman–Crippen LogP) is 5.84. The van der Waals surface area contributed by atoms with Crippen LogP contribution in [0.4, 0.5) is 5.69 Å². The van der Waals surface area contributed by atoms with E-state index in [4.69, 9.17) is 14.2 Å². The number of ether oxygens (including phenoxy) is 3. The van der Waals surface area contributed by atoms with Crippen molar-refractivity contribution >= 4 is 11.6 Å². The number of piperidine rings is 1. The van der Waals surface area contributed by atoms with Crippen LogP contribution in [0.5, 0.6) is 5.75 Å². The van der Waals surface area contributed by atoms with Crippen LogP contribution in [0.15, 0.2) is 18.2 Å². The highest BCUT2D eigenvalue weighted by Crippen LogP contribution is 2.38. The summed E-state index contributed by atoms with van der Waals surface area (Å²) in [7, 11) is 1.76. The molecule has 0 radical (unpaired) electrons. The van der Waals surface area contributed by atoms with Gasteiger partial charge in [0.15, 0.2) is 0 Å². The zero-order valence-electron chi connectivity index (χ0n) is 25.8. The lowest BCUT2D eigenvalue weighted by Crippen LogP contribution is -2.47. The van der Waals surface area contributed by atoms with Crippen molar-refractivity contribution in [1.29, 1.82) is 0 Å². The summed E-state index contributed by atoms with van der Waals surface area (Å²) in [5, 5.41) is 7.06. The number of anilines is 1. The minimum Gasteiger partial charge on any atom is -0.484 e. The third kappa shape index (κ3) is 9.35. The number of methoxy groups -OCH3 is 1. The number of benzene rings is 1. The van der Waals surface area contributed by atoms with Gasteiger partial charge in [0.2, 0.25) is 5.91 Å². The Balaban J connectivity index is 1.20. The van der Waals surface area contributed by atoms with Crippen LogP contribution in [-0.2, 0) is 20.9 Å². The normalized spacial score (nSPS) is 27.0. The fraction of sp³-hybridized carbons (Fsp3) is 0.788. The Morgan fingerprint density at radius 3 is 2.70 bits per heavy atom. The number of fused-ring (bicyclic) bond motifs is 1. The second-order valence-electron chi connectivity index (χ2n) is 13.3. The maximum Gasteiger partial charge on any atom is 0.220 e. The summed E-state index contributed by atoms with van der Waals surface area (Å²) in [5.41, 5.74) is 2.13. The molecule has 1 unspecified atom stereocenters. The van der Waals surface area contributed by atoms with Gasteiger partial charge in [0.05, 0.1) is 24.9 Å². The number of hydrogen-bond acceptors (Lipinski definition) is 6. The van der Waals surface area contributed by atoms with Gasteiger partial charge >= 0.3 is 0 Å². The second kappa shape index (κ2) is 14.9. The van der Waals surface area contributed by atoms with E-state index < -0.39 is 0 Å². The number of carbonyl (C=O) groups excluding carboxylic acids is 1.